The lowest BCUT2D eigenvalue weighted by Gasteiger charge is -2.14. The molecule has 0 aliphatic rings. The highest BCUT2D eigenvalue weighted by Gasteiger charge is 2.18. The van der Waals surface area contributed by atoms with Crippen LogP contribution in [0.5, 0.6) is 0 Å². The van der Waals surface area contributed by atoms with Crippen molar-refractivity contribution in [2.75, 3.05) is 11.9 Å². The Bertz CT molecular complexity index is 1050. The standard InChI is InChI=1S/C25H24N2O4/c1-17-8-14-22(15-9-17)27-24(29)18(2)31-23(28)16-26-25(30)21-12-10-20(11-13-21)19-6-4-3-5-7-19/h3-15,18H,16H2,1-2H3,(H,26,30)(H,27,29)/t18-/m0/s1. The van der Waals surface area contributed by atoms with E-state index in [0.29, 0.717) is 11.3 Å². The van der Waals surface area contributed by atoms with Gasteiger partial charge in [-0.3, -0.25) is 14.4 Å². The van der Waals surface area contributed by atoms with Crippen molar-refractivity contribution >= 4 is 23.5 Å². The molecular formula is C25H24N2O4. The summed E-state index contributed by atoms with van der Waals surface area (Å²) in [6.07, 6.45) is -0.990. The Morgan fingerprint density at radius 1 is 0.839 bits per heavy atom. The van der Waals surface area contributed by atoms with E-state index in [9.17, 15) is 14.4 Å². The smallest absolute Gasteiger partial charge is 0.326 e. The quantitative estimate of drug-likeness (QED) is 0.571. The van der Waals surface area contributed by atoms with Gasteiger partial charge in [0.1, 0.15) is 6.54 Å². The van der Waals surface area contributed by atoms with Crippen LogP contribution in [0.2, 0.25) is 0 Å². The first-order chi connectivity index (χ1) is 14.9. The van der Waals surface area contributed by atoms with E-state index in [1.807, 2.05) is 61.5 Å². The Hall–Kier alpha value is -3.93. The van der Waals surface area contributed by atoms with E-state index < -0.39 is 23.9 Å². The van der Waals surface area contributed by atoms with Gasteiger partial charge in [-0.15, -0.1) is 0 Å². The third-order valence-electron chi connectivity index (χ3n) is 4.64. The van der Waals surface area contributed by atoms with Crippen molar-refractivity contribution < 1.29 is 19.1 Å². The van der Waals surface area contributed by atoms with Gasteiger partial charge in [0, 0.05) is 11.3 Å². The highest BCUT2D eigenvalue weighted by atomic mass is 16.5. The number of esters is 1. The average molecular weight is 416 g/mol. The number of carbonyl (C=O) groups is 3. The van der Waals surface area contributed by atoms with Gasteiger partial charge in [-0.25, -0.2) is 0 Å². The van der Waals surface area contributed by atoms with E-state index in [4.69, 9.17) is 4.74 Å². The Morgan fingerprint density at radius 2 is 1.45 bits per heavy atom. The number of hydrogen-bond acceptors (Lipinski definition) is 4. The second-order valence-electron chi connectivity index (χ2n) is 7.11. The maximum atomic E-state index is 12.3. The lowest BCUT2D eigenvalue weighted by molar-refractivity contribution is -0.152. The monoisotopic (exact) mass is 416 g/mol. The van der Waals surface area contributed by atoms with Gasteiger partial charge < -0.3 is 15.4 Å². The molecule has 31 heavy (non-hydrogen) atoms. The van der Waals surface area contributed by atoms with Crippen LogP contribution in [-0.2, 0) is 14.3 Å². The molecule has 0 aliphatic heterocycles. The molecule has 158 valence electrons. The molecule has 0 unspecified atom stereocenters. The fraction of sp³-hybridized carbons (Fsp3) is 0.160. The zero-order chi connectivity index (χ0) is 22.2. The zero-order valence-corrected chi connectivity index (χ0v) is 17.4. The van der Waals surface area contributed by atoms with Crippen molar-refractivity contribution in [2.45, 2.75) is 20.0 Å². The summed E-state index contributed by atoms with van der Waals surface area (Å²) >= 11 is 0. The Kier molecular flexibility index (Phi) is 7.17. The van der Waals surface area contributed by atoms with Gasteiger partial charge in [0.15, 0.2) is 6.10 Å². The number of hydrogen-bond donors (Lipinski definition) is 2. The third kappa shape index (κ3) is 6.27. The van der Waals surface area contributed by atoms with E-state index in [1.165, 1.54) is 6.92 Å². The summed E-state index contributed by atoms with van der Waals surface area (Å²) in [7, 11) is 0. The number of aryl methyl sites for hydroxylation is 1. The number of rotatable bonds is 7. The van der Waals surface area contributed by atoms with Crippen LogP contribution in [-0.4, -0.2) is 30.4 Å². The molecule has 3 aromatic carbocycles. The molecule has 0 spiro atoms. The first-order valence-corrected chi connectivity index (χ1v) is 9.93. The van der Waals surface area contributed by atoms with Crippen molar-refractivity contribution in [1.29, 1.82) is 0 Å². The number of amides is 2. The van der Waals surface area contributed by atoms with Crippen LogP contribution in [0.4, 0.5) is 5.69 Å². The number of carbonyl (C=O) groups excluding carboxylic acids is 3. The van der Waals surface area contributed by atoms with Crippen molar-refractivity contribution in [3.8, 4) is 11.1 Å². The minimum atomic E-state index is -0.990. The molecule has 0 radical (unpaired) electrons. The Morgan fingerprint density at radius 3 is 2.10 bits per heavy atom. The van der Waals surface area contributed by atoms with Crippen molar-refractivity contribution in [1.82, 2.24) is 5.32 Å². The largest absolute Gasteiger partial charge is 0.451 e. The van der Waals surface area contributed by atoms with Gasteiger partial charge in [-0.2, -0.15) is 0 Å². The van der Waals surface area contributed by atoms with E-state index in [1.54, 1.807) is 24.3 Å². The molecule has 3 aromatic rings. The van der Waals surface area contributed by atoms with Crippen molar-refractivity contribution in [3.63, 3.8) is 0 Å². The molecule has 0 saturated carbocycles. The van der Waals surface area contributed by atoms with Crippen molar-refractivity contribution in [2.24, 2.45) is 0 Å². The summed E-state index contributed by atoms with van der Waals surface area (Å²) in [6.45, 7) is 3.09. The van der Waals surface area contributed by atoms with E-state index >= 15 is 0 Å². The minimum Gasteiger partial charge on any atom is -0.451 e. The van der Waals surface area contributed by atoms with E-state index in [2.05, 4.69) is 10.6 Å². The van der Waals surface area contributed by atoms with Crippen LogP contribution in [0.25, 0.3) is 11.1 Å². The van der Waals surface area contributed by atoms with Crippen LogP contribution in [0.3, 0.4) is 0 Å². The lowest BCUT2D eigenvalue weighted by atomic mass is 10.0. The molecule has 1 atom stereocenters. The van der Waals surface area contributed by atoms with Gasteiger partial charge in [0.05, 0.1) is 0 Å². The summed E-state index contributed by atoms with van der Waals surface area (Å²) in [4.78, 5) is 36.5. The fourth-order valence-corrected chi connectivity index (χ4v) is 2.87. The second-order valence-corrected chi connectivity index (χ2v) is 7.11. The first-order valence-electron chi connectivity index (χ1n) is 9.93. The van der Waals surface area contributed by atoms with E-state index in [0.717, 1.165) is 16.7 Å². The highest BCUT2D eigenvalue weighted by Crippen LogP contribution is 2.19. The van der Waals surface area contributed by atoms with Crippen LogP contribution >= 0.6 is 0 Å². The summed E-state index contributed by atoms with van der Waals surface area (Å²) in [5.41, 5.74) is 4.16. The number of benzene rings is 3. The molecule has 0 aliphatic carbocycles. The van der Waals surface area contributed by atoms with Crippen LogP contribution in [0, 0.1) is 6.92 Å². The molecule has 2 amide bonds. The van der Waals surface area contributed by atoms with Crippen LogP contribution in [0.1, 0.15) is 22.8 Å². The second kappa shape index (κ2) is 10.2. The maximum absolute atomic E-state index is 12.3. The summed E-state index contributed by atoms with van der Waals surface area (Å²) < 4.78 is 5.11. The van der Waals surface area contributed by atoms with E-state index in [-0.39, 0.29) is 6.54 Å². The molecule has 0 fully saturated rings. The average Bonchev–Trinajstić information content (AvgIpc) is 2.79. The molecule has 0 heterocycles. The molecular weight excluding hydrogens is 392 g/mol. The lowest BCUT2D eigenvalue weighted by Crippen LogP contribution is -2.35. The normalized spacial score (nSPS) is 11.3. The first kappa shape index (κ1) is 21.8. The molecule has 6 heteroatoms. The predicted molar refractivity (Wildman–Crippen MR) is 120 cm³/mol. The van der Waals surface area contributed by atoms with Crippen LogP contribution in [0.15, 0.2) is 78.9 Å². The molecule has 0 bridgehead atoms. The highest BCUT2D eigenvalue weighted by molar-refractivity contribution is 5.97. The molecule has 0 aromatic heterocycles. The summed E-state index contributed by atoms with van der Waals surface area (Å²) in [6, 6.07) is 24.2. The molecule has 0 saturated heterocycles. The summed E-state index contributed by atoms with van der Waals surface area (Å²) in [5.74, 6) is -1.53. The molecule has 6 nitrogen and oxygen atoms in total. The number of nitrogens with one attached hydrogen (secondary N) is 2. The minimum absolute atomic E-state index is 0.332. The summed E-state index contributed by atoms with van der Waals surface area (Å²) in [5, 5.41) is 5.19. The van der Waals surface area contributed by atoms with Gasteiger partial charge in [-0.05, 0) is 49.2 Å². The SMILES string of the molecule is Cc1ccc(NC(=O)[C@H](C)OC(=O)CNC(=O)c2ccc(-c3ccccc3)cc2)cc1. The van der Waals surface area contributed by atoms with Gasteiger partial charge in [0.25, 0.3) is 11.8 Å². The van der Waals surface area contributed by atoms with Gasteiger partial charge in [-0.1, -0.05) is 60.2 Å². The fourth-order valence-electron chi connectivity index (χ4n) is 2.87. The Labute approximate surface area is 181 Å². The Balaban J connectivity index is 1.46. The van der Waals surface area contributed by atoms with Gasteiger partial charge >= 0.3 is 5.97 Å². The van der Waals surface area contributed by atoms with Crippen LogP contribution < -0.4 is 10.6 Å². The molecule has 3 rings (SSSR count). The number of anilines is 1. The number of ether oxygens (including phenoxy) is 1. The van der Waals surface area contributed by atoms with Crippen molar-refractivity contribution in [3.05, 3.63) is 90.0 Å². The maximum Gasteiger partial charge on any atom is 0.326 e. The van der Waals surface area contributed by atoms with Gasteiger partial charge in [0.2, 0.25) is 0 Å². The third-order valence-corrected chi connectivity index (χ3v) is 4.64. The molecule has 2 N–H and O–H groups in total. The zero-order valence-electron chi connectivity index (χ0n) is 17.4. The topological polar surface area (TPSA) is 84.5 Å². The predicted octanol–water partition coefficient (Wildman–Crippen LogP) is 3.96.